The zero-order valence-electron chi connectivity index (χ0n) is 7.37. The Balaban J connectivity index is 2.37. The summed E-state index contributed by atoms with van der Waals surface area (Å²) < 4.78 is 0. The van der Waals surface area contributed by atoms with Gasteiger partial charge < -0.3 is 4.90 Å². The molecule has 3 heteroatoms. The van der Waals surface area contributed by atoms with Gasteiger partial charge in [-0.15, -0.1) is 23.2 Å². The quantitative estimate of drug-likeness (QED) is 0.661. The third-order valence-electron chi connectivity index (χ3n) is 1.49. The van der Waals surface area contributed by atoms with E-state index in [1.165, 1.54) is 0 Å². The molecule has 0 saturated heterocycles. The minimum atomic E-state index is 0.909. The molecule has 64 valence electrons. The summed E-state index contributed by atoms with van der Waals surface area (Å²) >= 11 is 1.66. The Labute approximate surface area is 77.2 Å². The molecular weight excluding hydrogens is 168 g/mol. The van der Waals surface area contributed by atoms with Gasteiger partial charge in [0.25, 0.3) is 0 Å². The number of aromatic nitrogens is 1. The number of rotatable bonds is 3. The van der Waals surface area contributed by atoms with Gasteiger partial charge in [0.2, 0.25) is 0 Å². The van der Waals surface area contributed by atoms with Crippen LogP contribution in [0.2, 0.25) is 0 Å². The number of thiazole rings is 1. The third kappa shape index (κ3) is 2.55. The summed E-state index contributed by atoms with van der Waals surface area (Å²) in [5, 5.41) is 3.05. The summed E-state index contributed by atoms with van der Waals surface area (Å²) in [6.07, 6.45) is 2.73. The Morgan fingerprint density at radius 3 is 3.08 bits per heavy atom. The van der Waals surface area contributed by atoms with Crippen molar-refractivity contribution in [1.82, 2.24) is 4.98 Å². The molecule has 0 bridgehead atoms. The van der Waals surface area contributed by atoms with Crippen molar-refractivity contribution < 1.29 is 0 Å². The Morgan fingerprint density at radius 1 is 1.67 bits per heavy atom. The molecule has 0 fully saturated rings. The summed E-state index contributed by atoms with van der Waals surface area (Å²) in [6, 6.07) is 0. The standard InChI is InChI=1S/C9H12N2S/c1-3-4-5-7-11(2)9-10-6-8-12-9/h6,8H,5,7H2,1-2H3. The molecule has 0 saturated carbocycles. The van der Waals surface area contributed by atoms with Gasteiger partial charge in [0.15, 0.2) is 5.13 Å². The van der Waals surface area contributed by atoms with Crippen LogP contribution < -0.4 is 4.90 Å². The molecule has 0 atom stereocenters. The van der Waals surface area contributed by atoms with Crippen LogP contribution >= 0.6 is 11.3 Å². The van der Waals surface area contributed by atoms with Crippen LogP contribution in [0, 0.1) is 11.8 Å². The Bertz CT molecular complexity index is 268. The number of nitrogens with zero attached hydrogens (tertiary/aromatic N) is 2. The predicted octanol–water partition coefficient (Wildman–Crippen LogP) is 1.99. The zero-order chi connectivity index (χ0) is 8.81. The highest BCUT2D eigenvalue weighted by molar-refractivity contribution is 7.13. The highest BCUT2D eigenvalue weighted by Crippen LogP contribution is 2.14. The van der Waals surface area contributed by atoms with Crippen molar-refractivity contribution in [2.24, 2.45) is 0 Å². The molecule has 0 N–H and O–H groups in total. The first kappa shape index (κ1) is 9.08. The van der Waals surface area contributed by atoms with Crippen LogP contribution in [0.25, 0.3) is 0 Å². The van der Waals surface area contributed by atoms with Gasteiger partial charge in [0, 0.05) is 31.6 Å². The van der Waals surface area contributed by atoms with Gasteiger partial charge in [-0.3, -0.25) is 0 Å². The fourth-order valence-corrected chi connectivity index (χ4v) is 1.49. The van der Waals surface area contributed by atoms with Gasteiger partial charge in [-0.25, -0.2) is 4.98 Å². The monoisotopic (exact) mass is 180 g/mol. The summed E-state index contributed by atoms with van der Waals surface area (Å²) in [5.74, 6) is 5.90. The maximum Gasteiger partial charge on any atom is 0.184 e. The van der Waals surface area contributed by atoms with Crippen LogP contribution in [0.5, 0.6) is 0 Å². The molecule has 2 nitrogen and oxygen atoms in total. The Morgan fingerprint density at radius 2 is 2.50 bits per heavy atom. The lowest BCUT2D eigenvalue weighted by Gasteiger charge is -2.12. The Kier molecular flexibility index (Phi) is 3.62. The van der Waals surface area contributed by atoms with Crippen molar-refractivity contribution in [1.29, 1.82) is 0 Å². The average Bonchev–Trinajstić information content (AvgIpc) is 2.56. The molecule has 0 aliphatic carbocycles. The van der Waals surface area contributed by atoms with E-state index in [1.54, 1.807) is 11.3 Å². The zero-order valence-corrected chi connectivity index (χ0v) is 8.19. The van der Waals surface area contributed by atoms with Crippen molar-refractivity contribution in [2.45, 2.75) is 13.3 Å². The first-order chi connectivity index (χ1) is 5.84. The lowest BCUT2D eigenvalue weighted by Crippen LogP contribution is -2.17. The van der Waals surface area contributed by atoms with Crippen molar-refractivity contribution in [3.05, 3.63) is 11.6 Å². The second-order valence-corrected chi connectivity index (χ2v) is 3.29. The molecule has 0 spiro atoms. The molecule has 0 radical (unpaired) electrons. The second kappa shape index (κ2) is 4.78. The van der Waals surface area contributed by atoms with E-state index in [-0.39, 0.29) is 0 Å². The largest absolute Gasteiger partial charge is 0.350 e. The van der Waals surface area contributed by atoms with E-state index < -0.39 is 0 Å². The van der Waals surface area contributed by atoms with Crippen LogP contribution in [0.3, 0.4) is 0 Å². The lowest BCUT2D eigenvalue weighted by atomic mass is 10.4. The number of hydrogen-bond acceptors (Lipinski definition) is 3. The van der Waals surface area contributed by atoms with Gasteiger partial charge >= 0.3 is 0 Å². The van der Waals surface area contributed by atoms with Gasteiger partial charge in [-0.05, 0) is 6.92 Å². The minimum absolute atomic E-state index is 0.909. The molecular formula is C9H12N2S. The molecule has 0 unspecified atom stereocenters. The summed E-state index contributed by atoms with van der Waals surface area (Å²) in [6.45, 7) is 2.82. The fraction of sp³-hybridized carbons (Fsp3) is 0.444. The van der Waals surface area contributed by atoms with E-state index in [0.29, 0.717) is 0 Å². The molecule has 1 heterocycles. The van der Waals surface area contributed by atoms with Crippen molar-refractivity contribution in [3.8, 4) is 11.8 Å². The topological polar surface area (TPSA) is 16.1 Å². The normalized spacial score (nSPS) is 8.83. The van der Waals surface area contributed by atoms with Crippen LogP contribution in [0.4, 0.5) is 5.13 Å². The molecule has 12 heavy (non-hydrogen) atoms. The maximum absolute atomic E-state index is 4.19. The van der Waals surface area contributed by atoms with Gasteiger partial charge in [0.05, 0.1) is 0 Å². The highest BCUT2D eigenvalue weighted by atomic mass is 32.1. The average molecular weight is 180 g/mol. The van der Waals surface area contributed by atoms with Crippen LogP contribution in [0.1, 0.15) is 13.3 Å². The molecule has 1 aromatic heterocycles. The van der Waals surface area contributed by atoms with E-state index >= 15 is 0 Å². The first-order valence-electron chi connectivity index (χ1n) is 3.85. The van der Waals surface area contributed by atoms with E-state index in [2.05, 4.69) is 21.7 Å². The third-order valence-corrected chi connectivity index (χ3v) is 2.38. The minimum Gasteiger partial charge on any atom is -0.350 e. The summed E-state index contributed by atoms with van der Waals surface area (Å²) in [4.78, 5) is 6.31. The molecule has 1 rings (SSSR count). The second-order valence-electron chi connectivity index (χ2n) is 2.41. The molecule has 1 aromatic rings. The number of anilines is 1. The summed E-state index contributed by atoms with van der Waals surface area (Å²) in [7, 11) is 2.04. The van der Waals surface area contributed by atoms with Gasteiger partial charge in [-0.2, -0.15) is 0 Å². The van der Waals surface area contributed by atoms with Crippen molar-refractivity contribution in [2.75, 3.05) is 18.5 Å². The van der Waals surface area contributed by atoms with Gasteiger partial charge in [0.1, 0.15) is 0 Å². The molecule has 0 aromatic carbocycles. The van der Waals surface area contributed by atoms with E-state index in [4.69, 9.17) is 0 Å². The molecule has 0 aliphatic heterocycles. The van der Waals surface area contributed by atoms with Crippen LogP contribution in [-0.2, 0) is 0 Å². The number of hydrogen-bond donors (Lipinski definition) is 0. The van der Waals surface area contributed by atoms with E-state index in [0.717, 1.165) is 18.1 Å². The van der Waals surface area contributed by atoms with Crippen molar-refractivity contribution in [3.63, 3.8) is 0 Å². The maximum atomic E-state index is 4.19. The smallest absolute Gasteiger partial charge is 0.184 e. The SMILES string of the molecule is CC#CCCN(C)c1nccs1. The predicted molar refractivity (Wildman–Crippen MR) is 53.5 cm³/mol. The summed E-state index contributed by atoms with van der Waals surface area (Å²) in [5.41, 5.74) is 0. The lowest BCUT2D eigenvalue weighted by molar-refractivity contribution is 0.905. The van der Waals surface area contributed by atoms with Gasteiger partial charge in [-0.1, -0.05) is 0 Å². The fourth-order valence-electron chi connectivity index (χ4n) is 0.849. The molecule has 0 aliphatic rings. The van der Waals surface area contributed by atoms with Crippen LogP contribution in [-0.4, -0.2) is 18.6 Å². The highest BCUT2D eigenvalue weighted by Gasteiger charge is 2.00. The van der Waals surface area contributed by atoms with Crippen molar-refractivity contribution >= 4 is 16.5 Å². The van der Waals surface area contributed by atoms with E-state index in [9.17, 15) is 0 Å². The van der Waals surface area contributed by atoms with Crippen LogP contribution in [0.15, 0.2) is 11.6 Å². The first-order valence-corrected chi connectivity index (χ1v) is 4.73. The Hall–Kier alpha value is -1.01. The molecule has 0 amide bonds. The van der Waals surface area contributed by atoms with E-state index in [1.807, 2.05) is 25.5 Å².